The van der Waals surface area contributed by atoms with Gasteiger partial charge in [0.2, 0.25) is 0 Å². The van der Waals surface area contributed by atoms with Gasteiger partial charge in [-0.25, -0.2) is 8.42 Å². The summed E-state index contributed by atoms with van der Waals surface area (Å²) >= 11 is 6.11. The van der Waals surface area contributed by atoms with Crippen LogP contribution >= 0.6 is 11.6 Å². The van der Waals surface area contributed by atoms with E-state index < -0.39 is 15.9 Å². The third-order valence-electron chi connectivity index (χ3n) is 4.11. The highest BCUT2D eigenvalue weighted by Gasteiger charge is 2.21. The fraction of sp³-hybridized carbons (Fsp3) is 0.0952. The fourth-order valence-electron chi connectivity index (χ4n) is 2.68. The smallest absolute Gasteiger partial charge is 0.263 e. The van der Waals surface area contributed by atoms with E-state index in [1.165, 1.54) is 25.3 Å². The second-order valence-electron chi connectivity index (χ2n) is 6.27. The Morgan fingerprint density at radius 1 is 1.00 bits per heavy atom. The zero-order chi connectivity index (χ0) is 21.0. The van der Waals surface area contributed by atoms with Gasteiger partial charge in [-0.05, 0) is 55.0 Å². The molecule has 0 aliphatic heterocycles. The molecule has 0 unspecified atom stereocenters. The first kappa shape index (κ1) is 20.7. The minimum Gasteiger partial charge on any atom is -0.495 e. The van der Waals surface area contributed by atoms with Gasteiger partial charge in [0.15, 0.2) is 0 Å². The number of anilines is 2. The molecule has 0 saturated heterocycles. The largest absolute Gasteiger partial charge is 0.495 e. The van der Waals surface area contributed by atoms with E-state index in [2.05, 4.69) is 10.0 Å². The van der Waals surface area contributed by atoms with Crippen LogP contribution in [0.1, 0.15) is 15.9 Å². The molecule has 0 spiro atoms. The summed E-state index contributed by atoms with van der Waals surface area (Å²) in [5.41, 5.74) is 1.96. The number of rotatable bonds is 6. The molecule has 2 N–H and O–H groups in total. The highest BCUT2D eigenvalue weighted by molar-refractivity contribution is 7.92. The summed E-state index contributed by atoms with van der Waals surface area (Å²) in [5.74, 6) is 0.0123. The number of hydrogen-bond donors (Lipinski definition) is 2. The van der Waals surface area contributed by atoms with Crippen LogP contribution in [-0.4, -0.2) is 21.4 Å². The Balaban J connectivity index is 1.91. The summed E-state index contributed by atoms with van der Waals surface area (Å²) in [6.07, 6.45) is 0. The second-order valence-corrected chi connectivity index (χ2v) is 8.33. The van der Waals surface area contributed by atoms with Crippen molar-refractivity contribution in [3.8, 4) is 5.75 Å². The maximum Gasteiger partial charge on any atom is 0.263 e. The normalized spacial score (nSPS) is 11.0. The van der Waals surface area contributed by atoms with Gasteiger partial charge >= 0.3 is 0 Å². The molecule has 0 radical (unpaired) electrons. The lowest BCUT2D eigenvalue weighted by Crippen LogP contribution is -2.16. The van der Waals surface area contributed by atoms with E-state index in [-0.39, 0.29) is 15.5 Å². The molecule has 3 aromatic carbocycles. The Bertz CT molecular complexity index is 1150. The van der Waals surface area contributed by atoms with E-state index in [9.17, 15) is 13.2 Å². The number of ether oxygens (including phenoxy) is 1. The molecular weight excluding hydrogens is 412 g/mol. The monoisotopic (exact) mass is 430 g/mol. The molecule has 8 heteroatoms. The first-order valence-corrected chi connectivity index (χ1v) is 10.5. The van der Waals surface area contributed by atoms with Gasteiger partial charge in [0.05, 0.1) is 17.8 Å². The Kier molecular flexibility index (Phi) is 6.10. The van der Waals surface area contributed by atoms with Crippen LogP contribution < -0.4 is 14.8 Å². The SMILES string of the molecule is COc1ccc(C)cc1NC(=O)c1ccc(Cl)c(S(=O)(=O)Nc2ccccc2)c1. The number of para-hydroxylation sites is 1. The number of halogens is 1. The van der Waals surface area contributed by atoms with Gasteiger partial charge in [0, 0.05) is 11.3 Å². The van der Waals surface area contributed by atoms with Crippen molar-refractivity contribution < 1.29 is 17.9 Å². The lowest BCUT2D eigenvalue weighted by atomic mass is 10.1. The van der Waals surface area contributed by atoms with E-state index in [1.807, 2.05) is 13.0 Å². The summed E-state index contributed by atoms with van der Waals surface area (Å²) in [6.45, 7) is 1.89. The van der Waals surface area contributed by atoms with Gasteiger partial charge < -0.3 is 10.1 Å². The van der Waals surface area contributed by atoms with Crippen molar-refractivity contribution >= 4 is 38.9 Å². The maximum atomic E-state index is 12.8. The van der Waals surface area contributed by atoms with Gasteiger partial charge in [-0.1, -0.05) is 35.9 Å². The molecule has 6 nitrogen and oxygen atoms in total. The first-order valence-electron chi connectivity index (χ1n) is 8.63. The van der Waals surface area contributed by atoms with Crippen LogP contribution in [0.25, 0.3) is 0 Å². The van der Waals surface area contributed by atoms with Crippen molar-refractivity contribution in [3.05, 3.63) is 82.9 Å². The van der Waals surface area contributed by atoms with E-state index >= 15 is 0 Å². The molecule has 0 fully saturated rings. The predicted octanol–water partition coefficient (Wildman–Crippen LogP) is 4.71. The van der Waals surface area contributed by atoms with Crippen molar-refractivity contribution in [3.63, 3.8) is 0 Å². The molecule has 150 valence electrons. The molecule has 0 atom stereocenters. The van der Waals surface area contributed by atoms with Crippen LogP contribution in [0.15, 0.2) is 71.6 Å². The Morgan fingerprint density at radius 2 is 1.72 bits per heavy atom. The summed E-state index contributed by atoms with van der Waals surface area (Å²) in [4.78, 5) is 12.5. The molecular formula is C21H19ClN2O4S. The third-order valence-corrected chi connectivity index (χ3v) is 5.97. The van der Waals surface area contributed by atoms with Gasteiger partial charge in [-0.3, -0.25) is 9.52 Å². The first-order chi connectivity index (χ1) is 13.8. The number of benzene rings is 3. The highest BCUT2D eigenvalue weighted by atomic mass is 35.5. The number of aryl methyl sites for hydroxylation is 1. The highest BCUT2D eigenvalue weighted by Crippen LogP contribution is 2.28. The Hall–Kier alpha value is -3.03. The van der Waals surface area contributed by atoms with Gasteiger partial charge in [0.25, 0.3) is 15.9 Å². The lowest BCUT2D eigenvalue weighted by Gasteiger charge is -2.13. The average Bonchev–Trinajstić information content (AvgIpc) is 2.68. The van der Waals surface area contributed by atoms with Gasteiger partial charge in [-0.15, -0.1) is 0 Å². The van der Waals surface area contributed by atoms with Crippen LogP contribution in [0.2, 0.25) is 5.02 Å². The number of nitrogens with one attached hydrogen (secondary N) is 2. The standard InChI is InChI=1S/C21H19ClN2O4S/c1-14-8-11-19(28-2)18(12-14)23-21(25)15-9-10-17(22)20(13-15)29(26,27)24-16-6-4-3-5-7-16/h3-13,24H,1-2H3,(H,23,25). The molecule has 1 amide bonds. The molecule has 0 aliphatic rings. The van der Waals surface area contributed by atoms with Crippen LogP contribution in [-0.2, 0) is 10.0 Å². The molecule has 0 aliphatic carbocycles. The zero-order valence-corrected chi connectivity index (χ0v) is 17.3. The number of sulfonamides is 1. The molecule has 3 rings (SSSR count). The number of carbonyl (C=O) groups is 1. The minimum atomic E-state index is -3.98. The number of amides is 1. The van der Waals surface area contributed by atoms with Crippen molar-refractivity contribution in [2.45, 2.75) is 11.8 Å². The van der Waals surface area contributed by atoms with Gasteiger partial charge in [-0.2, -0.15) is 0 Å². The van der Waals surface area contributed by atoms with Crippen LogP contribution in [0.3, 0.4) is 0 Å². The van der Waals surface area contributed by atoms with Crippen molar-refractivity contribution in [1.29, 1.82) is 0 Å². The maximum absolute atomic E-state index is 12.8. The van der Waals surface area contributed by atoms with Crippen molar-refractivity contribution in [2.24, 2.45) is 0 Å². The zero-order valence-electron chi connectivity index (χ0n) is 15.8. The number of hydrogen-bond acceptors (Lipinski definition) is 4. The van der Waals surface area contributed by atoms with Gasteiger partial charge in [0.1, 0.15) is 10.6 Å². The fourth-order valence-corrected chi connectivity index (χ4v) is 4.27. The van der Waals surface area contributed by atoms with Crippen LogP contribution in [0.4, 0.5) is 11.4 Å². The van der Waals surface area contributed by atoms with E-state index in [1.54, 1.807) is 42.5 Å². The number of methoxy groups -OCH3 is 1. The molecule has 0 saturated carbocycles. The minimum absolute atomic E-state index is 0.0121. The molecule has 3 aromatic rings. The second kappa shape index (κ2) is 8.55. The molecule has 0 bridgehead atoms. The molecule has 0 heterocycles. The van der Waals surface area contributed by atoms with Crippen molar-refractivity contribution in [1.82, 2.24) is 0 Å². The average molecular weight is 431 g/mol. The summed E-state index contributed by atoms with van der Waals surface area (Å²) < 4.78 is 33.2. The predicted molar refractivity (Wildman–Crippen MR) is 114 cm³/mol. The van der Waals surface area contributed by atoms with E-state index in [0.717, 1.165) is 5.56 Å². The van der Waals surface area contributed by atoms with Crippen LogP contribution in [0, 0.1) is 6.92 Å². The van der Waals surface area contributed by atoms with Crippen molar-refractivity contribution in [2.75, 3.05) is 17.1 Å². The quantitative estimate of drug-likeness (QED) is 0.593. The molecule has 0 aromatic heterocycles. The summed E-state index contributed by atoms with van der Waals surface area (Å²) in [5, 5.41) is 2.76. The van der Waals surface area contributed by atoms with E-state index in [0.29, 0.717) is 17.1 Å². The number of carbonyl (C=O) groups excluding carboxylic acids is 1. The topological polar surface area (TPSA) is 84.5 Å². The summed E-state index contributed by atoms with van der Waals surface area (Å²) in [7, 11) is -2.48. The summed E-state index contributed by atoms with van der Waals surface area (Å²) in [6, 6.07) is 17.9. The molecule has 29 heavy (non-hydrogen) atoms. The Labute approximate surface area is 174 Å². The third kappa shape index (κ3) is 4.88. The Morgan fingerprint density at radius 3 is 2.41 bits per heavy atom. The van der Waals surface area contributed by atoms with E-state index in [4.69, 9.17) is 16.3 Å². The lowest BCUT2D eigenvalue weighted by molar-refractivity contribution is 0.102. The van der Waals surface area contributed by atoms with Crippen LogP contribution in [0.5, 0.6) is 5.75 Å².